The Hall–Kier alpha value is -0.950. The van der Waals surface area contributed by atoms with Crippen molar-refractivity contribution in [3.63, 3.8) is 0 Å². The molecule has 23 heavy (non-hydrogen) atoms. The Bertz CT molecular complexity index is 559. The van der Waals surface area contributed by atoms with Crippen LogP contribution in [-0.2, 0) is 9.84 Å². The van der Waals surface area contributed by atoms with Crippen molar-refractivity contribution in [2.45, 2.75) is 50.0 Å². The molecular weight excluding hydrogens is 314 g/mol. The van der Waals surface area contributed by atoms with Crippen LogP contribution < -0.4 is 5.73 Å². The quantitative estimate of drug-likeness (QED) is 0.571. The second kappa shape index (κ2) is 10.0. The number of rotatable bonds is 11. The predicted molar refractivity (Wildman–Crippen MR) is 91.8 cm³/mol. The van der Waals surface area contributed by atoms with E-state index in [1.54, 1.807) is 24.3 Å². The van der Waals surface area contributed by atoms with Crippen LogP contribution in [0, 0.1) is 5.92 Å². The summed E-state index contributed by atoms with van der Waals surface area (Å²) in [7, 11) is -3.41. The molecule has 4 N–H and O–H groups in total. The van der Waals surface area contributed by atoms with Gasteiger partial charge in [-0.25, -0.2) is 8.42 Å². The molecule has 0 aromatic heterocycles. The first-order valence-electron chi connectivity index (χ1n) is 8.26. The van der Waals surface area contributed by atoms with Crippen molar-refractivity contribution in [1.29, 1.82) is 0 Å². The third kappa shape index (κ3) is 6.59. The number of benzene rings is 1. The molecule has 0 saturated carbocycles. The third-order valence-corrected chi connectivity index (χ3v) is 5.85. The Morgan fingerprint density at radius 1 is 1.22 bits per heavy atom. The minimum absolute atomic E-state index is 0.0507. The SMILES string of the molecule is CCCC(CCCO)CS(=O)(=O)c1cccc(C(O)CCN)c1. The Balaban J connectivity index is 2.91. The zero-order valence-electron chi connectivity index (χ0n) is 13.8. The normalized spacial score (nSPS) is 14.6. The molecule has 0 spiro atoms. The molecule has 0 bridgehead atoms. The monoisotopic (exact) mass is 343 g/mol. The molecule has 132 valence electrons. The van der Waals surface area contributed by atoms with Crippen molar-refractivity contribution in [3.8, 4) is 0 Å². The van der Waals surface area contributed by atoms with Gasteiger partial charge < -0.3 is 15.9 Å². The number of aliphatic hydroxyl groups is 2. The third-order valence-electron chi connectivity index (χ3n) is 3.96. The van der Waals surface area contributed by atoms with Gasteiger partial charge in [-0.1, -0.05) is 25.5 Å². The van der Waals surface area contributed by atoms with Gasteiger partial charge in [-0.05, 0) is 55.8 Å². The van der Waals surface area contributed by atoms with Crippen molar-refractivity contribution in [1.82, 2.24) is 0 Å². The van der Waals surface area contributed by atoms with Gasteiger partial charge in [0.05, 0.1) is 16.8 Å². The van der Waals surface area contributed by atoms with Crippen LogP contribution in [0.4, 0.5) is 0 Å². The summed E-state index contributed by atoms with van der Waals surface area (Å²) >= 11 is 0. The number of sulfone groups is 1. The smallest absolute Gasteiger partial charge is 0.178 e. The van der Waals surface area contributed by atoms with Crippen molar-refractivity contribution >= 4 is 9.84 Å². The van der Waals surface area contributed by atoms with Crippen molar-refractivity contribution < 1.29 is 18.6 Å². The van der Waals surface area contributed by atoms with Gasteiger partial charge in [-0.3, -0.25) is 0 Å². The predicted octanol–water partition coefficient (Wildman–Crippen LogP) is 2.03. The Kier molecular flexibility index (Phi) is 8.76. The molecular formula is C17H29NO4S. The first kappa shape index (κ1) is 20.1. The average Bonchev–Trinajstić information content (AvgIpc) is 2.53. The lowest BCUT2D eigenvalue weighted by Gasteiger charge is -2.17. The highest BCUT2D eigenvalue weighted by Gasteiger charge is 2.21. The zero-order valence-corrected chi connectivity index (χ0v) is 14.6. The molecule has 0 radical (unpaired) electrons. The highest BCUT2D eigenvalue weighted by molar-refractivity contribution is 7.91. The van der Waals surface area contributed by atoms with Crippen molar-refractivity contribution in [3.05, 3.63) is 29.8 Å². The van der Waals surface area contributed by atoms with E-state index < -0.39 is 15.9 Å². The van der Waals surface area contributed by atoms with Gasteiger partial charge in [0.2, 0.25) is 0 Å². The largest absolute Gasteiger partial charge is 0.396 e. The fourth-order valence-electron chi connectivity index (χ4n) is 2.75. The molecule has 0 aliphatic heterocycles. The van der Waals surface area contributed by atoms with E-state index in [4.69, 9.17) is 10.8 Å². The Labute approximate surface area is 139 Å². The fourth-order valence-corrected chi connectivity index (χ4v) is 4.49. The van der Waals surface area contributed by atoms with Crippen molar-refractivity contribution in [2.75, 3.05) is 18.9 Å². The molecule has 2 unspecified atom stereocenters. The molecule has 1 rings (SSSR count). The number of hydrogen-bond donors (Lipinski definition) is 3. The number of nitrogens with two attached hydrogens (primary N) is 1. The summed E-state index contributed by atoms with van der Waals surface area (Å²) in [6.45, 7) is 2.46. The molecule has 0 aliphatic carbocycles. The fraction of sp³-hybridized carbons (Fsp3) is 0.647. The molecule has 0 saturated heterocycles. The van der Waals surface area contributed by atoms with Gasteiger partial charge in [-0.15, -0.1) is 0 Å². The summed E-state index contributed by atoms with van der Waals surface area (Å²) in [6.07, 6.45) is 2.73. The van der Waals surface area contributed by atoms with Gasteiger partial charge in [0.25, 0.3) is 0 Å². The zero-order chi connectivity index (χ0) is 17.3. The molecule has 0 amide bonds. The molecule has 1 aromatic carbocycles. The van der Waals surface area contributed by atoms with Crippen LogP contribution in [0.5, 0.6) is 0 Å². The van der Waals surface area contributed by atoms with E-state index in [1.807, 2.05) is 6.92 Å². The lowest BCUT2D eigenvalue weighted by Crippen LogP contribution is -2.17. The Morgan fingerprint density at radius 3 is 2.57 bits per heavy atom. The van der Waals surface area contributed by atoms with Crippen LogP contribution in [0.1, 0.15) is 50.7 Å². The maximum atomic E-state index is 12.6. The first-order valence-corrected chi connectivity index (χ1v) is 9.91. The second-order valence-corrected chi connectivity index (χ2v) is 8.00. The molecule has 5 nitrogen and oxygen atoms in total. The first-order chi connectivity index (χ1) is 10.9. The molecule has 0 heterocycles. The molecule has 0 fully saturated rings. The van der Waals surface area contributed by atoms with E-state index in [-0.39, 0.29) is 23.2 Å². The van der Waals surface area contributed by atoms with Gasteiger partial charge in [-0.2, -0.15) is 0 Å². The lowest BCUT2D eigenvalue weighted by atomic mass is 10.0. The topological polar surface area (TPSA) is 101 Å². The van der Waals surface area contributed by atoms with Gasteiger partial charge in [0.1, 0.15) is 0 Å². The molecule has 6 heteroatoms. The van der Waals surface area contributed by atoms with E-state index in [0.29, 0.717) is 31.4 Å². The maximum Gasteiger partial charge on any atom is 0.178 e. The number of aliphatic hydroxyl groups excluding tert-OH is 2. The summed E-state index contributed by atoms with van der Waals surface area (Å²) < 4.78 is 25.3. The summed E-state index contributed by atoms with van der Waals surface area (Å²) in [4.78, 5) is 0.246. The highest BCUT2D eigenvalue weighted by atomic mass is 32.2. The molecule has 1 aromatic rings. The maximum absolute atomic E-state index is 12.6. The number of hydrogen-bond acceptors (Lipinski definition) is 5. The van der Waals surface area contributed by atoms with Crippen LogP contribution in [0.3, 0.4) is 0 Å². The van der Waals surface area contributed by atoms with Gasteiger partial charge in [0, 0.05) is 6.61 Å². The van der Waals surface area contributed by atoms with E-state index >= 15 is 0 Å². The molecule has 2 atom stereocenters. The Morgan fingerprint density at radius 2 is 1.96 bits per heavy atom. The van der Waals surface area contributed by atoms with Crippen LogP contribution in [0.25, 0.3) is 0 Å². The summed E-state index contributed by atoms with van der Waals surface area (Å²) in [5.41, 5.74) is 6.02. The van der Waals surface area contributed by atoms with Crippen LogP contribution in [0.15, 0.2) is 29.2 Å². The average molecular weight is 343 g/mol. The van der Waals surface area contributed by atoms with Gasteiger partial charge >= 0.3 is 0 Å². The van der Waals surface area contributed by atoms with Crippen LogP contribution in [0.2, 0.25) is 0 Å². The second-order valence-electron chi connectivity index (χ2n) is 5.97. The summed E-state index contributed by atoms with van der Waals surface area (Å²) in [6, 6.07) is 6.49. The standard InChI is InChI=1S/C17H29NO4S/c1-2-5-14(6-4-11-19)13-23(21,22)16-8-3-7-15(12-16)17(20)9-10-18/h3,7-8,12,14,17,19-20H,2,4-6,9-11,13,18H2,1H3. The van der Waals surface area contributed by atoms with Crippen molar-refractivity contribution in [2.24, 2.45) is 11.7 Å². The van der Waals surface area contributed by atoms with E-state index in [1.165, 1.54) is 0 Å². The summed E-state index contributed by atoms with van der Waals surface area (Å²) in [5, 5.41) is 18.9. The van der Waals surface area contributed by atoms with E-state index in [2.05, 4.69) is 0 Å². The minimum Gasteiger partial charge on any atom is -0.396 e. The van der Waals surface area contributed by atoms with Crippen LogP contribution >= 0.6 is 0 Å². The van der Waals surface area contributed by atoms with Crippen LogP contribution in [-0.4, -0.2) is 37.5 Å². The highest BCUT2D eigenvalue weighted by Crippen LogP contribution is 2.24. The minimum atomic E-state index is -3.41. The van der Waals surface area contributed by atoms with E-state index in [9.17, 15) is 13.5 Å². The molecule has 0 aliphatic rings. The summed E-state index contributed by atoms with van der Waals surface area (Å²) in [5.74, 6) is 0.131. The lowest BCUT2D eigenvalue weighted by molar-refractivity contribution is 0.170. The van der Waals surface area contributed by atoms with E-state index in [0.717, 1.165) is 12.8 Å². The van der Waals surface area contributed by atoms with Gasteiger partial charge in [0.15, 0.2) is 9.84 Å².